The van der Waals surface area contributed by atoms with Crippen molar-refractivity contribution in [3.63, 3.8) is 0 Å². The molecule has 2 aliphatic rings. The van der Waals surface area contributed by atoms with Crippen molar-refractivity contribution in [2.75, 3.05) is 0 Å². The molecule has 0 spiro atoms. The Labute approximate surface area is 311 Å². The first kappa shape index (κ1) is 43.2. The van der Waals surface area contributed by atoms with Crippen LogP contribution in [0.5, 0.6) is 11.5 Å². The lowest BCUT2D eigenvalue weighted by molar-refractivity contribution is -0.236. The van der Waals surface area contributed by atoms with Crippen molar-refractivity contribution in [1.82, 2.24) is 0 Å². The van der Waals surface area contributed by atoms with Crippen LogP contribution in [-0.4, -0.2) is 25.1 Å². The van der Waals surface area contributed by atoms with Gasteiger partial charge in [0.05, 0.1) is 0 Å². The minimum Gasteiger partial charge on any atom is -0.452 e. The molecule has 2 aromatic rings. The highest BCUT2D eigenvalue weighted by Gasteiger charge is 2.43. The summed E-state index contributed by atoms with van der Waals surface area (Å²) >= 11 is 0. The highest BCUT2D eigenvalue weighted by atomic mass is 19.4. The van der Waals surface area contributed by atoms with E-state index >= 15 is 0 Å². The number of hydrogen-bond donors (Lipinski definition) is 0. The molecule has 300 valence electrons. The molecule has 2 nitrogen and oxygen atoms in total. The molecule has 0 amide bonds. The molecule has 0 bridgehead atoms. The van der Waals surface area contributed by atoms with E-state index in [1.165, 1.54) is 94.9 Å². The van der Waals surface area contributed by atoms with Gasteiger partial charge in [-0.05, 0) is 96.6 Å². The molecule has 4 rings (SSSR count). The molecular formula is C43H60F8O2. The van der Waals surface area contributed by atoms with Gasteiger partial charge in [-0.2, -0.15) is 35.1 Å². The highest BCUT2D eigenvalue weighted by Crippen LogP contribution is 2.47. The van der Waals surface area contributed by atoms with Crippen LogP contribution in [-0.2, 0) is 6.42 Å². The molecule has 0 N–H and O–H groups in total. The molecule has 0 aliphatic heterocycles. The molecule has 2 aromatic carbocycles. The van der Waals surface area contributed by atoms with E-state index in [-0.39, 0.29) is 23.3 Å². The lowest BCUT2D eigenvalue weighted by atomic mass is 9.64. The zero-order valence-electron chi connectivity index (χ0n) is 31.5. The van der Waals surface area contributed by atoms with Gasteiger partial charge in [-0.3, -0.25) is 0 Å². The molecule has 0 heterocycles. The number of ether oxygens (including phenoxy) is 2. The summed E-state index contributed by atoms with van der Waals surface area (Å²) in [5.74, 6) is 2.07. The van der Waals surface area contributed by atoms with Crippen molar-refractivity contribution in [2.45, 2.75) is 167 Å². The standard InChI is InChI=1S/C43H60F8O2/c1-3-5-7-9-11-30-12-14-32(15-13-30)28-39(35-22-26-37(27-23-35)53-41(45)43(49,50)51)38(34-20-16-31(17-21-34)10-8-6-4-2)29-33-18-24-36(25-19-33)52-40(44)42(46,47)48/h18-19,22-27,30-32,34,38-41H,3-17,20-21,28-29H2,1-2H3. The Balaban J connectivity index is 1.59. The van der Waals surface area contributed by atoms with Crippen LogP contribution in [0.1, 0.15) is 146 Å². The molecule has 2 fully saturated rings. The van der Waals surface area contributed by atoms with Crippen LogP contribution in [0.25, 0.3) is 0 Å². The number of unbranched alkanes of at least 4 members (excludes halogenated alkanes) is 5. The Kier molecular flexibility index (Phi) is 17.1. The third-order valence-corrected chi connectivity index (χ3v) is 11.9. The maximum absolute atomic E-state index is 13.8. The van der Waals surface area contributed by atoms with Gasteiger partial charge in [0.2, 0.25) is 0 Å². The summed E-state index contributed by atoms with van der Waals surface area (Å²) in [6.45, 7) is 4.43. The van der Waals surface area contributed by atoms with Crippen LogP contribution < -0.4 is 9.47 Å². The van der Waals surface area contributed by atoms with E-state index in [2.05, 4.69) is 23.3 Å². The minimum absolute atomic E-state index is 0.0527. The van der Waals surface area contributed by atoms with Crippen molar-refractivity contribution in [2.24, 2.45) is 29.6 Å². The fraction of sp³-hybridized carbons (Fsp3) is 0.721. The zero-order chi connectivity index (χ0) is 38.4. The molecule has 4 unspecified atom stereocenters. The second kappa shape index (κ2) is 21.0. The van der Waals surface area contributed by atoms with Crippen LogP contribution in [0.3, 0.4) is 0 Å². The second-order valence-electron chi connectivity index (χ2n) is 15.9. The molecule has 0 radical (unpaired) electrons. The van der Waals surface area contributed by atoms with E-state index in [0.717, 1.165) is 62.0 Å². The van der Waals surface area contributed by atoms with Gasteiger partial charge in [-0.1, -0.05) is 134 Å². The van der Waals surface area contributed by atoms with Crippen molar-refractivity contribution in [3.8, 4) is 11.5 Å². The summed E-state index contributed by atoms with van der Waals surface area (Å²) < 4.78 is 114. The topological polar surface area (TPSA) is 18.5 Å². The van der Waals surface area contributed by atoms with Gasteiger partial charge in [0, 0.05) is 0 Å². The van der Waals surface area contributed by atoms with Gasteiger partial charge in [0.25, 0.3) is 0 Å². The largest absolute Gasteiger partial charge is 0.457 e. The minimum atomic E-state index is -5.13. The number of hydrogen-bond acceptors (Lipinski definition) is 2. The monoisotopic (exact) mass is 760 g/mol. The summed E-state index contributed by atoms with van der Waals surface area (Å²) in [6, 6.07) is 12.6. The predicted octanol–water partition coefficient (Wildman–Crippen LogP) is 14.7. The van der Waals surface area contributed by atoms with Crippen molar-refractivity contribution in [3.05, 3.63) is 59.7 Å². The van der Waals surface area contributed by atoms with Gasteiger partial charge in [-0.25, -0.2) is 0 Å². The molecule has 2 aliphatic carbocycles. The predicted molar refractivity (Wildman–Crippen MR) is 194 cm³/mol. The lowest BCUT2D eigenvalue weighted by Crippen LogP contribution is -2.31. The van der Waals surface area contributed by atoms with Crippen LogP contribution in [0.15, 0.2) is 48.5 Å². The Hall–Kier alpha value is -2.52. The number of halogens is 8. The van der Waals surface area contributed by atoms with E-state index in [1.807, 2.05) is 0 Å². The Morgan fingerprint density at radius 1 is 0.566 bits per heavy atom. The van der Waals surface area contributed by atoms with E-state index in [1.54, 1.807) is 24.3 Å². The quantitative estimate of drug-likeness (QED) is 0.0988. The summed E-state index contributed by atoms with van der Waals surface area (Å²) in [4.78, 5) is 0. The third kappa shape index (κ3) is 14.2. The van der Waals surface area contributed by atoms with Gasteiger partial charge in [0.1, 0.15) is 11.5 Å². The smallest absolute Gasteiger partial charge is 0.452 e. The van der Waals surface area contributed by atoms with E-state index in [0.29, 0.717) is 24.2 Å². The first-order valence-corrected chi connectivity index (χ1v) is 20.2. The molecule has 4 atom stereocenters. The Morgan fingerprint density at radius 3 is 1.49 bits per heavy atom. The Morgan fingerprint density at radius 2 is 1.00 bits per heavy atom. The number of alkyl halides is 8. The summed E-state index contributed by atoms with van der Waals surface area (Å²) in [7, 11) is 0. The average molecular weight is 761 g/mol. The summed E-state index contributed by atoms with van der Waals surface area (Å²) in [5, 5.41) is 0. The lowest BCUT2D eigenvalue weighted by Gasteiger charge is -2.41. The molecule has 2 saturated carbocycles. The van der Waals surface area contributed by atoms with E-state index in [4.69, 9.17) is 0 Å². The summed E-state index contributed by atoms with van der Waals surface area (Å²) in [6.07, 6.45) is 4.59. The second-order valence-corrected chi connectivity index (χ2v) is 15.9. The fourth-order valence-electron chi connectivity index (χ4n) is 8.90. The first-order valence-electron chi connectivity index (χ1n) is 20.2. The summed E-state index contributed by atoms with van der Waals surface area (Å²) in [5.41, 5.74) is 1.88. The van der Waals surface area contributed by atoms with E-state index in [9.17, 15) is 35.1 Å². The van der Waals surface area contributed by atoms with Crippen LogP contribution >= 0.6 is 0 Å². The van der Waals surface area contributed by atoms with Crippen molar-refractivity contribution in [1.29, 1.82) is 0 Å². The van der Waals surface area contributed by atoms with E-state index < -0.39 is 25.1 Å². The average Bonchev–Trinajstić information content (AvgIpc) is 3.13. The van der Waals surface area contributed by atoms with Crippen LogP contribution in [0.4, 0.5) is 35.1 Å². The van der Waals surface area contributed by atoms with Gasteiger partial charge in [-0.15, -0.1) is 0 Å². The first-order chi connectivity index (χ1) is 25.3. The van der Waals surface area contributed by atoms with Crippen LogP contribution in [0, 0.1) is 29.6 Å². The third-order valence-electron chi connectivity index (χ3n) is 11.9. The maximum atomic E-state index is 13.8. The molecular weight excluding hydrogens is 700 g/mol. The number of rotatable bonds is 20. The highest BCUT2D eigenvalue weighted by molar-refractivity contribution is 5.32. The zero-order valence-corrected chi connectivity index (χ0v) is 31.5. The SMILES string of the molecule is CCCCCCC1CCC(CC(c2ccc(OC(F)C(F)(F)F)cc2)C(Cc2ccc(OC(F)C(F)(F)F)cc2)C2CCC(CCCCC)CC2)CC1. The van der Waals surface area contributed by atoms with Gasteiger partial charge >= 0.3 is 25.1 Å². The molecule has 10 heteroatoms. The van der Waals surface area contributed by atoms with Crippen LogP contribution in [0.2, 0.25) is 0 Å². The molecule has 0 aromatic heterocycles. The normalized spacial score (nSPS) is 23.6. The fourth-order valence-corrected chi connectivity index (χ4v) is 8.90. The molecule has 0 saturated heterocycles. The van der Waals surface area contributed by atoms with Gasteiger partial charge < -0.3 is 9.47 Å². The maximum Gasteiger partial charge on any atom is 0.457 e. The number of benzene rings is 2. The van der Waals surface area contributed by atoms with Crippen molar-refractivity contribution >= 4 is 0 Å². The molecule has 53 heavy (non-hydrogen) atoms. The van der Waals surface area contributed by atoms with Gasteiger partial charge in [0.15, 0.2) is 0 Å². The van der Waals surface area contributed by atoms with Crippen molar-refractivity contribution < 1.29 is 44.6 Å². The Bertz CT molecular complexity index is 1280.